The Balaban J connectivity index is 1.71. The highest BCUT2D eigenvalue weighted by atomic mass is 35.5. The predicted molar refractivity (Wildman–Crippen MR) is 75.7 cm³/mol. The number of halogens is 1. The number of imidazole rings is 1. The molecule has 0 saturated heterocycles. The van der Waals surface area contributed by atoms with Gasteiger partial charge in [-0.3, -0.25) is 9.20 Å². The molecular formula is C13H10ClN3OS. The Bertz CT molecular complexity index is 717. The van der Waals surface area contributed by atoms with Crippen LogP contribution in [0.25, 0.3) is 4.96 Å². The van der Waals surface area contributed by atoms with Gasteiger partial charge in [-0.05, 0) is 24.3 Å². The summed E-state index contributed by atoms with van der Waals surface area (Å²) in [6, 6.07) is 6.82. The van der Waals surface area contributed by atoms with Gasteiger partial charge in [0.15, 0.2) is 4.96 Å². The third-order valence-corrected chi connectivity index (χ3v) is 3.91. The van der Waals surface area contributed by atoms with Crippen LogP contribution in [0.4, 0.5) is 0 Å². The van der Waals surface area contributed by atoms with E-state index in [4.69, 9.17) is 11.6 Å². The quantitative estimate of drug-likeness (QED) is 0.806. The number of carbonyl (C=O) groups excluding carboxylic acids is 1. The molecule has 0 radical (unpaired) electrons. The van der Waals surface area contributed by atoms with E-state index in [2.05, 4.69) is 10.3 Å². The van der Waals surface area contributed by atoms with Crippen molar-refractivity contribution in [2.24, 2.45) is 0 Å². The lowest BCUT2D eigenvalue weighted by molar-refractivity contribution is 0.0950. The summed E-state index contributed by atoms with van der Waals surface area (Å²) in [6.07, 6.45) is 3.63. The molecule has 0 spiro atoms. The molecule has 1 N–H and O–H groups in total. The third kappa shape index (κ3) is 2.47. The number of carbonyl (C=O) groups is 1. The first-order valence-electron chi connectivity index (χ1n) is 5.67. The summed E-state index contributed by atoms with van der Waals surface area (Å²) in [7, 11) is 0. The average molecular weight is 292 g/mol. The van der Waals surface area contributed by atoms with Gasteiger partial charge in [0.1, 0.15) is 0 Å². The molecule has 0 unspecified atom stereocenters. The van der Waals surface area contributed by atoms with Crippen LogP contribution >= 0.6 is 22.9 Å². The van der Waals surface area contributed by atoms with E-state index in [-0.39, 0.29) is 5.91 Å². The van der Waals surface area contributed by atoms with E-state index < -0.39 is 0 Å². The van der Waals surface area contributed by atoms with E-state index in [9.17, 15) is 4.79 Å². The Hall–Kier alpha value is -1.85. The van der Waals surface area contributed by atoms with Gasteiger partial charge >= 0.3 is 0 Å². The van der Waals surface area contributed by atoms with Crippen LogP contribution in [-0.2, 0) is 6.54 Å². The second-order valence-corrected chi connectivity index (χ2v) is 5.27. The lowest BCUT2D eigenvalue weighted by atomic mass is 10.2. The van der Waals surface area contributed by atoms with Crippen molar-refractivity contribution in [1.29, 1.82) is 0 Å². The zero-order chi connectivity index (χ0) is 13.2. The van der Waals surface area contributed by atoms with E-state index in [1.54, 1.807) is 41.8 Å². The van der Waals surface area contributed by atoms with Crippen LogP contribution in [0.15, 0.2) is 42.0 Å². The molecular weight excluding hydrogens is 282 g/mol. The van der Waals surface area contributed by atoms with Crippen molar-refractivity contribution in [2.75, 3.05) is 0 Å². The van der Waals surface area contributed by atoms with Gasteiger partial charge in [0.25, 0.3) is 5.91 Å². The van der Waals surface area contributed by atoms with Gasteiger partial charge in [0.2, 0.25) is 0 Å². The Morgan fingerprint density at radius 3 is 2.95 bits per heavy atom. The van der Waals surface area contributed by atoms with Crippen molar-refractivity contribution in [3.63, 3.8) is 0 Å². The predicted octanol–water partition coefficient (Wildman–Crippen LogP) is 2.98. The van der Waals surface area contributed by atoms with Gasteiger partial charge in [-0.25, -0.2) is 4.98 Å². The largest absolute Gasteiger partial charge is 0.346 e. The molecule has 1 aromatic carbocycles. The first kappa shape index (κ1) is 12.2. The smallest absolute Gasteiger partial charge is 0.251 e. The molecule has 1 amide bonds. The fourth-order valence-electron chi connectivity index (χ4n) is 1.77. The van der Waals surface area contributed by atoms with E-state index in [1.165, 1.54) is 0 Å². The van der Waals surface area contributed by atoms with E-state index in [1.807, 2.05) is 16.0 Å². The molecule has 2 heterocycles. The number of fused-ring (bicyclic) bond motifs is 1. The van der Waals surface area contributed by atoms with Gasteiger partial charge in [0, 0.05) is 28.4 Å². The van der Waals surface area contributed by atoms with Crippen molar-refractivity contribution in [2.45, 2.75) is 6.54 Å². The normalized spacial score (nSPS) is 10.8. The van der Waals surface area contributed by atoms with Crippen molar-refractivity contribution in [3.05, 3.63) is 58.3 Å². The fourth-order valence-corrected chi connectivity index (χ4v) is 2.75. The van der Waals surface area contributed by atoms with Gasteiger partial charge in [-0.15, -0.1) is 11.3 Å². The van der Waals surface area contributed by atoms with E-state index in [0.29, 0.717) is 17.1 Å². The second-order valence-electron chi connectivity index (χ2n) is 4.00. The van der Waals surface area contributed by atoms with Gasteiger partial charge in [0.05, 0.1) is 12.2 Å². The number of thiazole rings is 1. The summed E-state index contributed by atoms with van der Waals surface area (Å²) in [5.74, 6) is -0.115. The van der Waals surface area contributed by atoms with E-state index in [0.717, 1.165) is 10.7 Å². The van der Waals surface area contributed by atoms with Gasteiger partial charge in [-0.2, -0.15) is 0 Å². The van der Waals surface area contributed by atoms with Crippen molar-refractivity contribution >= 4 is 33.8 Å². The molecule has 19 heavy (non-hydrogen) atoms. The standard InChI is InChI=1S/C13H10ClN3OS/c14-10-3-1-9(2-4-10)12(18)16-7-11-8-19-13-15-5-6-17(11)13/h1-6,8H,7H2,(H,16,18). The number of amides is 1. The fraction of sp³-hybridized carbons (Fsp3) is 0.0769. The second kappa shape index (κ2) is 5.03. The Labute approximate surface area is 118 Å². The molecule has 4 nitrogen and oxygen atoms in total. The first-order valence-corrected chi connectivity index (χ1v) is 6.93. The minimum atomic E-state index is -0.115. The average Bonchev–Trinajstić information content (AvgIpc) is 3.00. The van der Waals surface area contributed by atoms with Crippen LogP contribution in [0.5, 0.6) is 0 Å². The molecule has 0 aliphatic carbocycles. The summed E-state index contributed by atoms with van der Waals surface area (Å²) in [4.78, 5) is 17.1. The Kier molecular flexibility index (Phi) is 3.23. The zero-order valence-corrected chi connectivity index (χ0v) is 11.4. The number of nitrogens with one attached hydrogen (secondary N) is 1. The summed E-state index contributed by atoms with van der Waals surface area (Å²) >= 11 is 7.34. The maximum atomic E-state index is 11.9. The number of benzene rings is 1. The van der Waals surface area contributed by atoms with Gasteiger partial charge in [-0.1, -0.05) is 11.6 Å². The van der Waals surface area contributed by atoms with Crippen LogP contribution in [0.2, 0.25) is 5.02 Å². The molecule has 0 aliphatic heterocycles. The van der Waals surface area contributed by atoms with Crippen LogP contribution in [0.1, 0.15) is 16.1 Å². The lowest BCUT2D eigenvalue weighted by Gasteiger charge is -2.04. The number of rotatable bonds is 3. The Morgan fingerprint density at radius 2 is 2.16 bits per heavy atom. The topological polar surface area (TPSA) is 46.4 Å². The number of hydrogen-bond donors (Lipinski definition) is 1. The molecule has 3 rings (SSSR count). The van der Waals surface area contributed by atoms with Crippen LogP contribution in [0.3, 0.4) is 0 Å². The zero-order valence-electron chi connectivity index (χ0n) is 9.84. The van der Waals surface area contributed by atoms with Gasteiger partial charge < -0.3 is 5.32 Å². The molecule has 0 atom stereocenters. The van der Waals surface area contributed by atoms with Crippen LogP contribution in [-0.4, -0.2) is 15.3 Å². The maximum Gasteiger partial charge on any atom is 0.251 e. The van der Waals surface area contributed by atoms with Crippen molar-refractivity contribution < 1.29 is 4.79 Å². The highest BCUT2D eigenvalue weighted by molar-refractivity contribution is 7.15. The first-order chi connectivity index (χ1) is 9.24. The minimum absolute atomic E-state index is 0.115. The number of aromatic nitrogens is 2. The van der Waals surface area contributed by atoms with Crippen LogP contribution in [0, 0.1) is 0 Å². The molecule has 0 bridgehead atoms. The molecule has 96 valence electrons. The number of nitrogens with zero attached hydrogens (tertiary/aromatic N) is 2. The number of hydrogen-bond acceptors (Lipinski definition) is 3. The molecule has 2 aromatic heterocycles. The molecule has 0 saturated carbocycles. The van der Waals surface area contributed by atoms with Crippen molar-refractivity contribution in [3.8, 4) is 0 Å². The maximum absolute atomic E-state index is 11.9. The molecule has 6 heteroatoms. The monoisotopic (exact) mass is 291 g/mol. The highest BCUT2D eigenvalue weighted by Gasteiger charge is 2.08. The Morgan fingerprint density at radius 1 is 1.37 bits per heavy atom. The summed E-state index contributed by atoms with van der Waals surface area (Å²) in [5, 5.41) is 5.49. The van der Waals surface area contributed by atoms with E-state index >= 15 is 0 Å². The SMILES string of the molecule is O=C(NCc1csc2nccn12)c1ccc(Cl)cc1. The minimum Gasteiger partial charge on any atom is -0.346 e. The molecule has 0 fully saturated rings. The van der Waals surface area contributed by atoms with Crippen LogP contribution < -0.4 is 5.32 Å². The summed E-state index contributed by atoms with van der Waals surface area (Å²) in [5.41, 5.74) is 1.61. The third-order valence-electron chi connectivity index (χ3n) is 2.75. The lowest BCUT2D eigenvalue weighted by Crippen LogP contribution is -2.23. The molecule has 3 aromatic rings. The van der Waals surface area contributed by atoms with Crippen molar-refractivity contribution in [1.82, 2.24) is 14.7 Å². The summed E-state index contributed by atoms with van der Waals surface area (Å²) in [6.45, 7) is 0.470. The summed E-state index contributed by atoms with van der Waals surface area (Å²) < 4.78 is 1.97. The highest BCUT2D eigenvalue weighted by Crippen LogP contribution is 2.14. The molecule has 0 aliphatic rings.